The van der Waals surface area contributed by atoms with E-state index in [0.717, 1.165) is 18.7 Å². The van der Waals surface area contributed by atoms with Crippen LogP contribution >= 0.6 is 11.6 Å². The number of aryl methyl sites for hydroxylation is 1. The van der Waals surface area contributed by atoms with Gasteiger partial charge in [-0.25, -0.2) is 9.97 Å². The van der Waals surface area contributed by atoms with Gasteiger partial charge in [0.25, 0.3) is 0 Å². The Hall–Kier alpha value is -0.870. The molecule has 0 amide bonds. The van der Waals surface area contributed by atoms with Gasteiger partial charge in [-0.2, -0.15) is 0 Å². The highest BCUT2D eigenvalue weighted by Gasteiger charge is 2.21. The molecule has 1 aromatic rings. The molecule has 102 valence electrons. The minimum Gasteiger partial charge on any atom is -0.388 e. The molecule has 1 rings (SSSR count). The molecule has 2 N–H and O–H groups in total. The molecule has 0 saturated carbocycles. The van der Waals surface area contributed by atoms with Crippen LogP contribution in [-0.2, 0) is 6.42 Å². The van der Waals surface area contributed by atoms with Gasteiger partial charge in [-0.05, 0) is 19.3 Å². The molecular weight excluding hydrogens is 250 g/mol. The van der Waals surface area contributed by atoms with Crippen LogP contribution in [0.1, 0.15) is 45.9 Å². The molecule has 5 heteroatoms. The molecule has 0 bridgehead atoms. The summed E-state index contributed by atoms with van der Waals surface area (Å²) in [6.45, 7) is 6.49. The largest absolute Gasteiger partial charge is 0.388 e. The van der Waals surface area contributed by atoms with Crippen molar-refractivity contribution in [3.8, 4) is 0 Å². The Morgan fingerprint density at radius 2 is 1.94 bits per heavy atom. The number of aromatic nitrogens is 2. The molecule has 18 heavy (non-hydrogen) atoms. The summed E-state index contributed by atoms with van der Waals surface area (Å²) in [5.74, 6) is 1.42. The Morgan fingerprint density at radius 3 is 2.50 bits per heavy atom. The molecule has 1 aromatic heterocycles. The number of halogens is 1. The second kappa shape index (κ2) is 6.90. The van der Waals surface area contributed by atoms with Crippen LogP contribution < -0.4 is 5.32 Å². The Morgan fingerprint density at radius 1 is 1.28 bits per heavy atom. The third kappa shape index (κ3) is 4.42. The van der Waals surface area contributed by atoms with Crippen LogP contribution in [0.5, 0.6) is 0 Å². The molecule has 4 nitrogen and oxygen atoms in total. The first-order valence-electron chi connectivity index (χ1n) is 6.52. The van der Waals surface area contributed by atoms with E-state index in [0.29, 0.717) is 30.4 Å². The fourth-order valence-electron chi connectivity index (χ4n) is 1.65. The Kier molecular flexibility index (Phi) is 5.82. The van der Waals surface area contributed by atoms with Crippen molar-refractivity contribution in [2.45, 2.75) is 52.1 Å². The first-order chi connectivity index (χ1) is 8.53. The van der Waals surface area contributed by atoms with Crippen molar-refractivity contribution < 1.29 is 5.11 Å². The zero-order valence-electron chi connectivity index (χ0n) is 11.3. The summed E-state index contributed by atoms with van der Waals surface area (Å²) < 4.78 is 0. The first-order valence-corrected chi connectivity index (χ1v) is 6.90. The zero-order valence-corrected chi connectivity index (χ0v) is 12.1. The lowest BCUT2D eigenvalue weighted by Crippen LogP contribution is -2.35. The van der Waals surface area contributed by atoms with Gasteiger partial charge in [-0.1, -0.05) is 32.4 Å². The number of nitrogens with zero attached hydrogens (tertiary/aromatic N) is 2. The molecule has 0 atom stereocenters. The van der Waals surface area contributed by atoms with E-state index in [2.05, 4.69) is 22.2 Å². The summed E-state index contributed by atoms with van der Waals surface area (Å²) in [7, 11) is 0. The normalized spacial score (nSPS) is 11.6. The second-order valence-corrected chi connectivity index (χ2v) is 4.91. The summed E-state index contributed by atoms with van der Waals surface area (Å²) in [6.07, 6.45) is 3.20. The molecule has 1 heterocycles. The molecule has 0 aliphatic heterocycles. The van der Waals surface area contributed by atoms with Crippen molar-refractivity contribution >= 4 is 17.4 Å². The topological polar surface area (TPSA) is 58.0 Å². The van der Waals surface area contributed by atoms with Gasteiger partial charge in [0.05, 0.1) is 5.60 Å². The van der Waals surface area contributed by atoms with Crippen molar-refractivity contribution in [3.63, 3.8) is 0 Å². The number of aliphatic hydroxyl groups is 1. The second-order valence-electron chi connectivity index (χ2n) is 4.53. The summed E-state index contributed by atoms with van der Waals surface area (Å²) in [6, 6.07) is 1.69. The van der Waals surface area contributed by atoms with Crippen LogP contribution in [0.25, 0.3) is 0 Å². The maximum Gasteiger partial charge on any atom is 0.134 e. The molecular formula is C13H22ClN3O. The number of rotatable bonds is 7. The smallest absolute Gasteiger partial charge is 0.134 e. The fraction of sp³-hybridized carbons (Fsp3) is 0.692. The molecule has 0 aliphatic carbocycles. The summed E-state index contributed by atoms with van der Waals surface area (Å²) in [5, 5.41) is 13.8. The van der Waals surface area contributed by atoms with Gasteiger partial charge in [0, 0.05) is 19.0 Å². The lowest BCUT2D eigenvalue weighted by molar-refractivity contribution is 0.0456. The molecule has 0 aromatic carbocycles. The Labute approximate surface area is 114 Å². The van der Waals surface area contributed by atoms with Crippen molar-refractivity contribution in [1.82, 2.24) is 9.97 Å². The molecule has 0 fully saturated rings. The van der Waals surface area contributed by atoms with Gasteiger partial charge >= 0.3 is 0 Å². The van der Waals surface area contributed by atoms with Crippen LogP contribution in [0.3, 0.4) is 0 Å². The third-order valence-corrected chi connectivity index (χ3v) is 3.32. The standard InChI is InChI=1S/C13H22ClN3O/c1-4-7-11-16-10(14)8-12(17-11)15-9-13(18,5-2)6-3/h8,18H,4-7,9H2,1-3H3,(H,15,16,17). The van der Waals surface area contributed by atoms with Gasteiger partial charge in [0.1, 0.15) is 16.8 Å². The highest BCUT2D eigenvalue weighted by molar-refractivity contribution is 6.29. The van der Waals surface area contributed by atoms with Crippen LogP contribution in [0.2, 0.25) is 5.15 Å². The highest BCUT2D eigenvalue weighted by atomic mass is 35.5. The van der Waals surface area contributed by atoms with Crippen LogP contribution in [0, 0.1) is 0 Å². The molecule has 0 saturated heterocycles. The van der Waals surface area contributed by atoms with Crippen molar-refractivity contribution in [2.24, 2.45) is 0 Å². The maximum absolute atomic E-state index is 10.2. The molecule has 0 unspecified atom stereocenters. The van der Waals surface area contributed by atoms with E-state index in [-0.39, 0.29) is 0 Å². The highest BCUT2D eigenvalue weighted by Crippen LogP contribution is 2.17. The van der Waals surface area contributed by atoms with E-state index in [4.69, 9.17) is 11.6 Å². The third-order valence-electron chi connectivity index (χ3n) is 3.13. The van der Waals surface area contributed by atoms with Gasteiger partial charge < -0.3 is 10.4 Å². The number of hydrogen-bond donors (Lipinski definition) is 2. The Balaban J connectivity index is 2.72. The van der Waals surface area contributed by atoms with Gasteiger partial charge in [0.2, 0.25) is 0 Å². The number of anilines is 1. The molecule has 0 radical (unpaired) electrons. The lowest BCUT2D eigenvalue weighted by Gasteiger charge is -2.25. The van der Waals surface area contributed by atoms with Crippen molar-refractivity contribution in [3.05, 3.63) is 17.0 Å². The van der Waals surface area contributed by atoms with Gasteiger partial charge in [-0.15, -0.1) is 0 Å². The summed E-state index contributed by atoms with van der Waals surface area (Å²) in [5.41, 5.74) is -0.692. The van der Waals surface area contributed by atoms with Gasteiger partial charge in [0.15, 0.2) is 0 Å². The quantitative estimate of drug-likeness (QED) is 0.749. The predicted octanol–water partition coefficient (Wildman–Crippen LogP) is 3.05. The minimum absolute atomic E-state index is 0.437. The monoisotopic (exact) mass is 271 g/mol. The van der Waals surface area contributed by atoms with Crippen molar-refractivity contribution in [1.29, 1.82) is 0 Å². The number of nitrogens with one attached hydrogen (secondary N) is 1. The first kappa shape index (κ1) is 15.2. The van der Waals surface area contributed by atoms with Crippen molar-refractivity contribution in [2.75, 3.05) is 11.9 Å². The summed E-state index contributed by atoms with van der Waals surface area (Å²) in [4.78, 5) is 8.54. The van der Waals surface area contributed by atoms with E-state index in [1.54, 1.807) is 6.07 Å². The fourth-order valence-corrected chi connectivity index (χ4v) is 1.85. The van der Waals surface area contributed by atoms with E-state index in [1.165, 1.54) is 0 Å². The summed E-state index contributed by atoms with van der Waals surface area (Å²) >= 11 is 5.95. The van der Waals surface area contributed by atoms with E-state index < -0.39 is 5.60 Å². The van der Waals surface area contributed by atoms with E-state index >= 15 is 0 Å². The van der Waals surface area contributed by atoms with Crippen LogP contribution in [-0.4, -0.2) is 27.2 Å². The lowest BCUT2D eigenvalue weighted by atomic mass is 9.98. The number of hydrogen-bond acceptors (Lipinski definition) is 4. The average molecular weight is 272 g/mol. The SMILES string of the molecule is CCCc1nc(Cl)cc(NCC(O)(CC)CC)n1. The van der Waals surface area contributed by atoms with E-state index in [1.807, 2.05) is 13.8 Å². The zero-order chi connectivity index (χ0) is 13.6. The van der Waals surface area contributed by atoms with Crippen LogP contribution in [0.4, 0.5) is 5.82 Å². The average Bonchev–Trinajstić information content (AvgIpc) is 2.36. The molecule has 0 spiro atoms. The maximum atomic E-state index is 10.2. The van der Waals surface area contributed by atoms with Gasteiger partial charge in [-0.3, -0.25) is 0 Å². The Bertz CT molecular complexity index is 380. The van der Waals surface area contributed by atoms with E-state index in [9.17, 15) is 5.11 Å². The molecule has 0 aliphatic rings. The van der Waals surface area contributed by atoms with Crippen LogP contribution in [0.15, 0.2) is 6.07 Å². The minimum atomic E-state index is -0.692. The predicted molar refractivity (Wildman–Crippen MR) is 75.1 cm³/mol.